The molecule has 2 rings (SSSR count). The zero-order valence-corrected chi connectivity index (χ0v) is 11.1. The lowest BCUT2D eigenvalue weighted by Crippen LogP contribution is -2.13. The molecule has 0 unspecified atom stereocenters. The van der Waals surface area contributed by atoms with Crippen LogP contribution in [0.25, 0.3) is 0 Å². The summed E-state index contributed by atoms with van der Waals surface area (Å²) in [6, 6.07) is 6.25. The molecule has 0 bridgehead atoms. The van der Waals surface area contributed by atoms with Gasteiger partial charge in [-0.2, -0.15) is 11.8 Å². The number of nitrogens with two attached hydrogens (primary N) is 1. The fourth-order valence-corrected chi connectivity index (χ4v) is 3.60. The van der Waals surface area contributed by atoms with Gasteiger partial charge < -0.3 is 5.73 Å². The van der Waals surface area contributed by atoms with Gasteiger partial charge >= 0.3 is 0 Å². The predicted octanol–water partition coefficient (Wildman–Crippen LogP) is 3.72. The maximum Gasteiger partial charge on any atom is 0.0357 e. The number of hydrogen-bond acceptors (Lipinski definition) is 2. The fourth-order valence-electron chi connectivity index (χ4n) is 2.01. The summed E-state index contributed by atoms with van der Waals surface area (Å²) in [6.45, 7) is 0. The van der Waals surface area contributed by atoms with Gasteiger partial charge in [-0.1, -0.05) is 22.0 Å². The van der Waals surface area contributed by atoms with Crippen LogP contribution in [0.15, 0.2) is 22.7 Å². The normalized spacial score (nSPS) is 17.9. The van der Waals surface area contributed by atoms with Gasteiger partial charge in [0.1, 0.15) is 0 Å². The molecule has 82 valence electrons. The standard InChI is InChI=1S/C12H16BrNS/c13-11-2-1-10(12(14)8-11)7-9-3-5-15-6-4-9/h1-2,8-9H,3-7,14H2. The van der Waals surface area contributed by atoms with Crippen molar-refractivity contribution in [2.24, 2.45) is 5.92 Å². The van der Waals surface area contributed by atoms with Crippen molar-refractivity contribution in [3.05, 3.63) is 28.2 Å². The Morgan fingerprint density at radius 1 is 1.33 bits per heavy atom. The Bertz CT molecular complexity index is 334. The van der Waals surface area contributed by atoms with E-state index in [-0.39, 0.29) is 0 Å². The highest BCUT2D eigenvalue weighted by molar-refractivity contribution is 9.10. The Morgan fingerprint density at radius 3 is 2.73 bits per heavy atom. The first-order valence-electron chi connectivity index (χ1n) is 5.37. The fraction of sp³-hybridized carbons (Fsp3) is 0.500. The van der Waals surface area contributed by atoms with Gasteiger partial charge in [0.25, 0.3) is 0 Å². The maximum atomic E-state index is 6.00. The van der Waals surface area contributed by atoms with Crippen LogP contribution in [0.3, 0.4) is 0 Å². The number of anilines is 1. The maximum absolute atomic E-state index is 6.00. The number of nitrogen functional groups attached to an aromatic ring is 1. The molecule has 1 fully saturated rings. The van der Waals surface area contributed by atoms with E-state index < -0.39 is 0 Å². The highest BCUT2D eigenvalue weighted by Gasteiger charge is 2.15. The van der Waals surface area contributed by atoms with E-state index in [1.54, 1.807) is 0 Å². The Labute approximate surface area is 104 Å². The van der Waals surface area contributed by atoms with Crippen molar-refractivity contribution in [1.82, 2.24) is 0 Å². The highest BCUT2D eigenvalue weighted by atomic mass is 79.9. The number of rotatable bonds is 2. The molecule has 1 nitrogen and oxygen atoms in total. The second-order valence-corrected chi connectivity index (χ2v) is 6.24. The van der Waals surface area contributed by atoms with Crippen LogP contribution in [0.4, 0.5) is 5.69 Å². The predicted molar refractivity (Wildman–Crippen MR) is 72.3 cm³/mol. The molecule has 2 N–H and O–H groups in total. The molecule has 15 heavy (non-hydrogen) atoms. The van der Waals surface area contributed by atoms with Crippen molar-refractivity contribution >= 4 is 33.4 Å². The lowest BCUT2D eigenvalue weighted by molar-refractivity contribution is 0.488. The summed E-state index contributed by atoms with van der Waals surface area (Å²) in [6.07, 6.45) is 3.85. The SMILES string of the molecule is Nc1cc(Br)ccc1CC1CCSCC1. The minimum atomic E-state index is 0.842. The summed E-state index contributed by atoms with van der Waals surface area (Å²) in [4.78, 5) is 0. The van der Waals surface area contributed by atoms with E-state index in [9.17, 15) is 0 Å². The van der Waals surface area contributed by atoms with E-state index in [1.807, 2.05) is 6.07 Å². The summed E-state index contributed by atoms with van der Waals surface area (Å²) < 4.78 is 1.07. The Hall–Kier alpha value is -0.150. The average molecular weight is 286 g/mol. The Morgan fingerprint density at radius 2 is 2.07 bits per heavy atom. The molecular formula is C12H16BrNS. The second-order valence-electron chi connectivity index (χ2n) is 4.10. The number of thioether (sulfide) groups is 1. The third-order valence-corrected chi connectivity index (χ3v) is 4.50. The quantitative estimate of drug-likeness (QED) is 0.839. The van der Waals surface area contributed by atoms with Crippen molar-refractivity contribution in [3.8, 4) is 0 Å². The smallest absolute Gasteiger partial charge is 0.0357 e. The molecule has 0 atom stereocenters. The van der Waals surface area contributed by atoms with Gasteiger partial charge in [0.15, 0.2) is 0 Å². The third kappa shape index (κ3) is 3.15. The summed E-state index contributed by atoms with van der Waals surface area (Å²) in [5.41, 5.74) is 8.25. The molecular weight excluding hydrogens is 270 g/mol. The highest BCUT2D eigenvalue weighted by Crippen LogP contribution is 2.28. The van der Waals surface area contributed by atoms with Gasteiger partial charge in [0.05, 0.1) is 0 Å². The van der Waals surface area contributed by atoms with E-state index in [0.29, 0.717) is 0 Å². The van der Waals surface area contributed by atoms with Gasteiger partial charge in [-0.05, 0) is 54.4 Å². The lowest BCUT2D eigenvalue weighted by Gasteiger charge is -2.21. The molecule has 0 aliphatic carbocycles. The minimum Gasteiger partial charge on any atom is -0.398 e. The topological polar surface area (TPSA) is 26.0 Å². The molecule has 1 saturated heterocycles. The molecule has 1 aliphatic heterocycles. The molecule has 1 aliphatic rings. The molecule has 0 radical (unpaired) electrons. The lowest BCUT2D eigenvalue weighted by atomic mass is 9.93. The minimum absolute atomic E-state index is 0.842. The van der Waals surface area contributed by atoms with Gasteiger partial charge in [-0.3, -0.25) is 0 Å². The number of hydrogen-bond donors (Lipinski definition) is 1. The van der Waals surface area contributed by atoms with E-state index >= 15 is 0 Å². The third-order valence-electron chi connectivity index (χ3n) is 2.96. The van der Waals surface area contributed by atoms with E-state index in [1.165, 1.54) is 29.9 Å². The molecule has 1 heterocycles. The first-order chi connectivity index (χ1) is 7.25. The van der Waals surface area contributed by atoms with Crippen molar-refractivity contribution in [1.29, 1.82) is 0 Å². The second kappa shape index (κ2) is 5.26. The van der Waals surface area contributed by atoms with Gasteiger partial charge in [0.2, 0.25) is 0 Å². The molecule has 1 aromatic rings. The summed E-state index contributed by atoms with van der Waals surface area (Å²) in [5, 5.41) is 0. The van der Waals surface area contributed by atoms with Gasteiger partial charge in [-0.25, -0.2) is 0 Å². The van der Waals surface area contributed by atoms with Crippen molar-refractivity contribution in [3.63, 3.8) is 0 Å². The molecule has 0 spiro atoms. The molecule has 0 amide bonds. The Balaban J connectivity index is 2.03. The van der Waals surface area contributed by atoms with Crippen LogP contribution in [0.2, 0.25) is 0 Å². The molecule has 0 aromatic heterocycles. The van der Waals surface area contributed by atoms with Crippen LogP contribution >= 0.6 is 27.7 Å². The van der Waals surface area contributed by atoms with Crippen molar-refractivity contribution < 1.29 is 0 Å². The molecule has 3 heteroatoms. The van der Waals surface area contributed by atoms with Crippen LogP contribution < -0.4 is 5.73 Å². The van der Waals surface area contributed by atoms with Crippen LogP contribution in [0, 0.1) is 5.92 Å². The van der Waals surface area contributed by atoms with Crippen LogP contribution in [-0.4, -0.2) is 11.5 Å². The molecule has 1 aromatic carbocycles. The monoisotopic (exact) mass is 285 g/mol. The van der Waals surface area contributed by atoms with E-state index in [2.05, 4.69) is 39.8 Å². The first-order valence-corrected chi connectivity index (χ1v) is 7.32. The first kappa shape index (κ1) is 11.3. The average Bonchev–Trinajstić information content (AvgIpc) is 2.24. The summed E-state index contributed by atoms with van der Waals surface area (Å²) in [5.74, 6) is 3.48. The van der Waals surface area contributed by atoms with E-state index in [0.717, 1.165) is 22.5 Å². The summed E-state index contributed by atoms with van der Waals surface area (Å²) >= 11 is 5.52. The van der Waals surface area contributed by atoms with Crippen LogP contribution in [0.5, 0.6) is 0 Å². The molecule has 0 saturated carbocycles. The number of halogens is 1. The van der Waals surface area contributed by atoms with Gasteiger partial charge in [-0.15, -0.1) is 0 Å². The van der Waals surface area contributed by atoms with Gasteiger partial charge in [0, 0.05) is 10.2 Å². The van der Waals surface area contributed by atoms with E-state index in [4.69, 9.17) is 5.73 Å². The van der Waals surface area contributed by atoms with Crippen molar-refractivity contribution in [2.75, 3.05) is 17.2 Å². The largest absolute Gasteiger partial charge is 0.398 e. The van der Waals surface area contributed by atoms with Crippen molar-refractivity contribution in [2.45, 2.75) is 19.3 Å². The van der Waals surface area contributed by atoms with Crippen LogP contribution in [-0.2, 0) is 6.42 Å². The summed E-state index contributed by atoms with van der Waals surface area (Å²) in [7, 11) is 0. The zero-order valence-electron chi connectivity index (χ0n) is 8.71. The van der Waals surface area contributed by atoms with Crippen LogP contribution in [0.1, 0.15) is 18.4 Å². The Kier molecular flexibility index (Phi) is 3.98. The number of benzene rings is 1. The zero-order chi connectivity index (χ0) is 10.7.